The molecule has 2 aromatic carbocycles. The van der Waals surface area contributed by atoms with Gasteiger partial charge in [0, 0.05) is 18.4 Å². The van der Waals surface area contributed by atoms with Crippen molar-refractivity contribution in [2.24, 2.45) is 23.2 Å². The number of carbonyl (C=O) groups excluding carboxylic acids is 2. The normalized spacial score (nSPS) is 27.2. The number of hydrogen-bond acceptors (Lipinski definition) is 4. The molecule has 0 atom stereocenters. The van der Waals surface area contributed by atoms with Gasteiger partial charge in [-0.1, -0.05) is 30.3 Å². The van der Waals surface area contributed by atoms with Crippen molar-refractivity contribution in [3.8, 4) is 0 Å². The Labute approximate surface area is 200 Å². The number of anilines is 2. The van der Waals surface area contributed by atoms with Crippen LogP contribution in [0.2, 0.25) is 0 Å². The molecule has 34 heavy (non-hydrogen) atoms. The van der Waals surface area contributed by atoms with E-state index in [1.54, 1.807) is 42.5 Å². The third-order valence-electron chi connectivity index (χ3n) is 7.66. The Hall–Kier alpha value is -2.87. The number of rotatable bonds is 8. The van der Waals surface area contributed by atoms with Crippen LogP contribution in [0.4, 0.5) is 11.4 Å². The highest BCUT2D eigenvalue weighted by atomic mass is 32.2. The van der Waals surface area contributed by atoms with Gasteiger partial charge < -0.3 is 10.6 Å². The lowest BCUT2D eigenvalue weighted by molar-refractivity contribution is -0.146. The second-order valence-electron chi connectivity index (χ2n) is 10.2. The zero-order valence-electron chi connectivity index (χ0n) is 19.1. The van der Waals surface area contributed by atoms with E-state index >= 15 is 0 Å². The van der Waals surface area contributed by atoms with Crippen LogP contribution < -0.4 is 15.4 Å². The second-order valence-corrected chi connectivity index (χ2v) is 11.9. The van der Waals surface area contributed by atoms with Crippen molar-refractivity contribution in [2.75, 3.05) is 16.6 Å². The maximum atomic E-state index is 13.1. The number of nitrogens with one attached hydrogen (secondary N) is 3. The molecule has 0 radical (unpaired) electrons. The van der Waals surface area contributed by atoms with Crippen LogP contribution in [0.5, 0.6) is 0 Å². The fraction of sp³-hybridized carbons (Fsp3) is 0.462. The molecule has 0 spiro atoms. The summed E-state index contributed by atoms with van der Waals surface area (Å²) in [6.07, 6.45) is 6.94. The van der Waals surface area contributed by atoms with Crippen LogP contribution in [-0.4, -0.2) is 26.8 Å². The van der Waals surface area contributed by atoms with E-state index < -0.39 is 10.0 Å². The SMILES string of the molecule is O=C(CCNC(=O)C12CC3CC(CC(C3)C1)C2)Nc1ccccc1NS(=O)(=O)c1ccccc1. The van der Waals surface area contributed by atoms with Crippen molar-refractivity contribution in [3.63, 3.8) is 0 Å². The monoisotopic (exact) mass is 481 g/mol. The summed E-state index contributed by atoms with van der Waals surface area (Å²) in [6.45, 7) is 0.268. The minimum absolute atomic E-state index is 0.107. The van der Waals surface area contributed by atoms with E-state index in [4.69, 9.17) is 0 Å². The lowest BCUT2D eigenvalue weighted by Gasteiger charge is -2.55. The van der Waals surface area contributed by atoms with Gasteiger partial charge in [0.15, 0.2) is 0 Å². The zero-order chi connectivity index (χ0) is 23.8. The summed E-state index contributed by atoms with van der Waals surface area (Å²) in [5.41, 5.74) is 0.435. The van der Waals surface area contributed by atoms with Crippen LogP contribution in [0.25, 0.3) is 0 Å². The Morgan fingerprint density at radius 2 is 1.38 bits per heavy atom. The lowest BCUT2D eigenvalue weighted by atomic mass is 9.49. The first kappa shape index (κ1) is 22.9. The highest BCUT2D eigenvalue weighted by molar-refractivity contribution is 7.92. The predicted octanol–water partition coefficient (Wildman–Crippen LogP) is 4.15. The molecule has 0 unspecified atom stereocenters. The summed E-state index contributed by atoms with van der Waals surface area (Å²) >= 11 is 0. The Balaban J connectivity index is 1.16. The standard InChI is InChI=1S/C26H31N3O4S/c30-24(10-11-27-25(31)26-15-18-12-19(16-26)14-20(13-18)17-26)28-22-8-4-5-9-23(22)29-34(32,33)21-6-2-1-3-7-21/h1-9,18-20,29H,10-17H2,(H,27,31)(H,28,30). The minimum Gasteiger partial charge on any atom is -0.355 e. The molecule has 0 aromatic heterocycles. The van der Waals surface area contributed by atoms with Crippen molar-refractivity contribution in [1.82, 2.24) is 5.32 Å². The van der Waals surface area contributed by atoms with Crippen molar-refractivity contribution in [1.29, 1.82) is 0 Å². The third-order valence-corrected chi connectivity index (χ3v) is 9.04. The summed E-state index contributed by atoms with van der Waals surface area (Å²) in [5.74, 6) is 1.90. The molecule has 0 saturated heterocycles. The van der Waals surface area contributed by atoms with Gasteiger partial charge in [0.05, 0.1) is 16.3 Å². The lowest BCUT2D eigenvalue weighted by Crippen LogP contribution is -2.53. The van der Waals surface area contributed by atoms with Crippen LogP contribution >= 0.6 is 0 Å². The van der Waals surface area contributed by atoms with E-state index in [1.165, 1.54) is 31.4 Å². The van der Waals surface area contributed by atoms with Gasteiger partial charge >= 0.3 is 0 Å². The first-order valence-corrected chi connectivity index (χ1v) is 13.6. The molecule has 0 heterocycles. The van der Waals surface area contributed by atoms with Gasteiger partial charge in [-0.2, -0.15) is 0 Å². The molecule has 0 aliphatic heterocycles. The number of benzene rings is 2. The fourth-order valence-electron chi connectivity index (χ4n) is 6.56. The van der Waals surface area contributed by atoms with Crippen LogP contribution in [0.1, 0.15) is 44.9 Å². The number of carbonyl (C=O) groups is 2. The zero-order valence-corrected chi connectivity index (χ0v) is 19.9. The average Bonchev–Trinajstić information content (AvgIpc) is 2.80. The molecule has 2 amide bonds. The maximum Gasteiger partial charge on any atom is 0.261 e. The van der Waals surface area contributed by atoms with Crippen molar-refractivity contribution >= 4 is 33.2 Å². The number of hydrogen-bond donors (Lipinski definition) is 3. The molecule has 4 fully saturated rings. The van der Waals surface area contributed by atoms with Gasteiger partial charge in [0.1, 0.15) is 0 Å². The van der Waals surface area contributed by atoms with Gasteiger partial charge in [-0.05, 0) is 80.5 Å². The molecule has 6 rings (SSSR count). The summed E-state index contributed by atoms with van der Waals surface area (Å²) < 4.78 is 27.9. The summed E-state index contributed by atoms with van der Waals surface area (Å²) in [7, 11) is -3.78. The quantitative estimate of drug-likeness (QED) is 0.527. The van der Waals surface area contributed by atoms with E-state index in [9.17, 15) is 18.0 Å². The van der Waals surface area contributed by atoms with Crippen molar-refractivity contribution in [2.45, 2.75) is 49.8 Å². The summed E-state index contributed by atoms with van der Waals surface area (Å²) in [4.78, 5) is 25.8. The number of sulfonamides is 1. The Kier molecular flexibility index (Phi) is 6.10. The third kappa shape index (κ3) is 4.69. The van der Waals surface area contributed by atoms with E-state index in [0.717, 1.165) is 19.3 Å². The minimum atomic E-state index is -3.78. The van der Waals surface area contributed by atoms with Gasteiger partial charge in [-0.25, -0.2) is 8.42 Å². The Morgan fingerprint density at radius 3 is 2.00 bits per heavy atom. The maximum absolute atomic E-state index is 13.1. The van der Waals surface area contributed by atoms with E-state index in [2.05, 4.69) is 15.4 Å². The summed E-state index contributed by atoms with van der Waals surface area (Å²) in [5, 5.41) is 5.80. The number of para-hydroxylation sites is 2. The molecule has 8 heteroatoms. The topological polar surface area (TPSA) is 104 Å². The van der Waals surface area contributed by atoms with Crippen LogP contribution in [-0.2, 0) is 19.6 Å². The van der Waals surface area contributed by atoms with Crippen LogP contribution in [0.15, 0.2) is 59.5 Å². The first-order valence-electron chi connectivity index (χ1n) is 12.1. The van der Waals surface area contributed by atoms with Gasteiger partial charge in [0.2, 0.25) is 11.8 Å². The van der Waals surface area contributed by atoms with Crippen LogP contribution in [0.3, 0.4) is 0 Å². The van der Waals surface area contributed by atoms with Gasteiger partial charge in [0.25, 0.3) is 10.0 Å². The largest absolute Gasteiger partial charge is 0.355 e. The van der Waals surface area contributed by atoms with Gasteiger partial charge in [-0.3, -0.25) is 14.3 Å². The van der Waals surface area contributed by atoms with Crippen LogP contribution in [0, 0.1) is 23.2 Å². The second kappa shape index (κ2) is 9.06. The van der Waals surface area contributed by atoms with E-state index in [0.29, 0.717) is 23.4 Å². The van der Waals surface area contributed by atoms with Crippen molar-refractivity contribution in [3.05, 3.63) is 54.6 Å². The molecule has 3 N–H and O–H groups in total. The Morgan fingerprint density at radius 1 is 0.824 bits per heavy atom. The van der Waals surface area contributed by atoms with E-state index in [1.807, 2.05) is 0 Å². The van der Waals surface area contributed by atoms with Crippen molar-refractivity contribution < 1.29 is 18.0 Å². The molecule has 4 saturated carbocycles. The highest BCUT2D eigenvalue weighted by Gasteiger charge is 2.54. The van der Waals surface area contributed by atoms with E-state index in [-0.39, 0.29) is 40.8 Å². The Bertz CT molecular complexity index is 1140. The molecular weight excluding hydrogens is 450 g/mol. The highest BCUT2D eigenvalue weighted by Crippen LogP contribution is 2.60. The molecule has 7 nitrogen and oxygen atoms in total. The molecule has 4 aliphatic rings. The predicted molar refractivity (Wildman–Crippen MR) is 131 cm³/mol. The molecular formula is C26H31N3O4S. The summed E-state index contributed by atoms with van der Waals surface area (Å²) in [6, 6.07) is 14.7. The van der Waals surface area contributed by atoms with Gasteiger partial charge in [-0.15, -0.1) is 0 Å². The molecule has 4 bridgehead atoms. The first-order chi connectivity index (χ1) is 16.3. The molecule has 180 valence electrons. The fourth-order valence-corrected chi connectivity index (χ4v) is 7.66. The molecule has 2 aromatic rings. The molecule has 4 aliphatic carbocycles. The number of amides is 2. The average molecular weight is 482 g/mol. The smallest absolute Gasteiger partial charge is 0.261 e.